The third-order valence-electron chi connectivity index (χ3n) is 4.81. The van der Waals surface area contributed by atoms with E-state index in [2.05, 4.69) is 10.6 Å². The minimum Gasteiger partial charge on any atom is -0.460 e. The summed E-state index contributed by atoms with van der Waals surface area (Å²) in [6, 6.07) is 16.6. The maximum absolute atomic E-state index is 12.2. The fraction of sp³-hybridized carbons (Fsp3) is 0.357. The summed E-state index contributed by atoms with van der Waals surface area (Å²) >= 11 is 0. The number of alkyl carbamates (subject to hydrolysis) is 2. The van der Waals surface area contributed by atoms with Crippen molar-refractivity contribution in [3.63, 3.8) is 0 Å². The molecule has 10 heteroatoms. The molecule has 0 radical (unpaired) electrons. The lowest BCUT2D eigenvalue weighted by molar-refractivity contribution is -0.141. The Labute approximate surface area is 222 Å². The van der Waals surface area contributed by atoms with Crippen LogP contribution in [0.1, 0.15) is 50.9 Å². The summed E-state index contributed by atoms with van der Waals surface area (Å²) in [5.74, 6) is -1.61. The van der Waals surface area contributed by atoms with Crippen LogP contribution in [-0.2, 0) is 28.5 Å². The molecule has 0 aliphatic carbocycles. The average molecular weight is 527 g/mol. The Morgan fingerprint density at radius 2 is 0.974 bits per heavy atom. The first kappa shape index (κ1) is 29.9. The van der Waals surface area contributed by atoms with Crippen LogP contribution in [0.5, 0.6) is 0 Å². The quantitative estimate of drug-likeness (QED) is 0.237. The summed E-state index contributed by atoms with van der Waals surface area (Å²) in [7, 11) is 0. The normalized spacial score (nSPS) is 12.5. The van der Waals surface area contributed by atoms with Gasteiger partial charge in [0.2, 0.25) is 0 Å². The summed E-state index contributed by atoms with van der Waals surface area (Å²) in [6.07, 6.45) is -0.0875. The molecule has 0 heterocycles. The number of ether oxygens (including phenoxy) is 4. The van der Waals surface area contributed by atoms with E-state index in [9.17, 15) is 19.2 Å². The molecule has 0 bridgehead atoms. The van der Waals surface area contributed by atoms with Crippen LogP contribution in [0.4, 0.5) is 9.59 Å². The van der Waals surface area contributed by atoms with Crippen molar-refractivity contribution in [1.29, 1.82) is 0 Å². The molecule has 2 rings (SSSR count). The minimum atomic E-state index is -0.805. The molecule has 0 aliphatic rings. The number of amides is 2. The van der Waals surface area contributed by atoms with Crippen molar-refractivity contribution in [3.8, 4) is 0 Å². The van der Waals surface area contributed by atoms with Gasteiger partial charge in [-0.2, -0.15) is 0 Å². The van der Waals surface area contributed by atoms with E-state index in [1.165, 1.54) is 0 Å². The first-order valence-corrected chi connectivity index (χ1v) is 12.2. The summed E-state index contributed by atoms with van der Waals surface area (Å²) in [5, 5.41) is 5.32. The molecule has 10 nitrogen and oxygen atoms in total. The zero-order valence-corrected chi connectivity index (χ0v) is 21.9. The largest absolute Gasteiger partial charge is 0.460 e. The number of nitrogens with one attached hydrogen (secondary N) is 2. The standard InChI is InChI=1S/C28H34N2O8/c1-19(2)37-27(33)29-23(21-11-7-5-8-12-21)17-35-25(31)15-16-26(32)36-18-24(22-13-9-6-10-14-22)30-28(34)38-20(3)4/h5-16,19-20,23-24H,17-18H2,1-4H3,(H,29,33)(H,30,34)/b16-15+/t23-,24-/m0/s1. The molecular weight excluding hydrogens is 492 g/mol. The Bertz CT molecular complexity index is 985. The zero-order valence-electron chi connectivity index (χ0n) is 21.9. The van der Waals surface area contributed by atoms with E-state index >= 15 is 0 Å². The van der Waals surface area contributed by atoms with Gasteiger partial charge in [0.05, 0.1) is 24.3 Å². The van der Waals surface area contributed by atoms with Crippen molar-refractivity contribution in [2.45, 2.75) is 52.0 Å². The molecule has 0 saturated heterocycles. The van der Waals surface area contributed by atoms with Gasteiger partial charge in [-0.15, -0.1) is 0 Å². The maximum Gasteiger partial charge on any atom is 0.407 e. The van der Waals surface area contributed by atoms with Crippen molar-refractivity contribution in [2.75, 3.05) is 13.2 Å². The van der Waals surface area contributed by atoms with Crippen LogP contribution < -0.4 is 10.6 Å². The number of hydrogen-bond donors (Lipinski definition) is 2. The monoisotopic (exact) mass is 526 g/mol. The smallest absolute Gasteiger partial charge is 0.407 e. The second-order valence-corrected chi connectivity index (χ2v) is 8.72. The molecule has 2 atom stereocenters. The van der Waals surface area contributed by atoms with Crippen LogP contribution in [0.25, 0.3) is 0 Å². The number of benzene rings is 2. The SMILES string of the molecule is CC(C)OC(=O)N[C@@H](COC(=O)/C=C/C(=O)OC[C@H](NC(=O)OC(C)C)c1ccccc1)c1ccccc1. The van der Waals surface area contributed by atoms with Crippen LogP contribution in [0.15, 0.2) is 72.8 Å². The average Bonchev–Trinajstić information content (AvgIpc) is 2.87. The van der Waals surface area contributed by atoms with Crippen molar-refractivity contribution in [3.05, 3.63) is 83.9 Å². The van der Waals surface area contributed by atoms with E-state index in [4.69, 9.17) is 18.9 Å². The van der Waals surface area contributed by atoms with Gasteiger partial charge in [-0.05, 0) is 38.8 Å². The van der Waals surface area contributed by atoms with Crippen LogP contribution >= 0.6 is 0 Å². The van der Waals surface area contributed by atoms with Gasteiger partial charge in [-0.1, -0.05) is 60.7 Å². The van der Waals surface area contributed by atoms with Gasteiger partial charge in [0.1, 0.15) is 13.2 Å². The maximum atomic E-state index is 12.2. The highest BCUT2D eigenvalue weighted by molar-refractivity contribution is 5.91. The van der Waals surface area contributed by atoms with E-state index in [1.54, 1.807) is 76.2 Å². The van der Waals surface area contributed by atoms with Gasteiger partial charge in [-0.3, -0.25) is 0 Å². The molecular formula is C28H34N2O8. The third kappa shape index (κ3) is 11.6. The first-order chi connectivity index (χ1) is 18.1. The van der Waals surface area contributed by atoms with Gasteiger partial charge in [0.15, 0.2) is 0 Å². The summed E-state index contributed by atoms with van der Waals surface area (Å²) in [4.78, 5) is 48.6. The summed E-state index contributed by atoms with van der Waals surface area (Å²) in [5.41, 5.74) is 1.42. The van der Waals surface area contributed by atoms with Gasteiger partial charge < -0.3 is 29.6 Å². The predicted molar refractivity (Wildman–Crippen MR) is 139 cm³/mol. The lowest BCUT2D eigenvalue weighted by atomic mass is 10.1. The summed E-state index contributed by atoms with van der Waals surface area (Å²) in [6.45, 7) is 6.50. The van der Waals surface area contributed by atoms with Crippen LogP contribution in [0, 0.1) is 0 Å². The highest BCUT2D eigenvalue weighted by Crippen LogP contribution is 2.15. The Balaban J connectivity index is 1.92. The summed E-state index contributed by atoms with van der Waals surface area (Å²) < 4.78 is 20.7. The van der Waals surface area contributed by atoms with Crippen molar-refractivity contribution >= 4 is 24.1 Å². The molecule has 2 aromatic rings. The third-order valence-corrected chi connectivity index (χ3v) is 4.81. The number of hydrogen-bond acceptors (Lipinski definition) is 8. The van der Waals surface area contributed by atoms with Crippen LogP contribution in [0.3, 0.4) is 0 Å². The van der Waals surface area contributed by atoms with Gasteiger partial charge in [0.25, 0.3) is 0 Å². The Hall–Kier alpha value is -4.34. The van der Waals surface area contributed by atoms with E-state index in [-0.39, 0.29) is 25.4 Å². The molecule has 2 N–H and O–H groups in total. The molecule has 2 amide bonds. The van der Waals surface area contributed by atoms with E-state index < -0.39 is 36.2 Å². The van der Waals surface area contributed by atoms with Crippen molar-refractivity contribution in [1.82, 2.24) is 10.6 Å². The van der Waals surface area contributed by atoms with Gasteiger partial charge in [-0.25, -0.2) is 19.2 Å². The highest BCUT2D eigenvalue weighted by atomic mass is 16.6. The molecule has 2 aromatic carbocycles. The zero-order chi connectivity index (χ0) is 27.9. The number of carbonyl (C=O) groups is 4. The van der Waals surface area contributed by atoms with Gasteiger partial charge >= 0.3 is 24.1 Å². The molecule has 0 spiro atoms. The second-order valence-electron chi connectivity index (χ2n) is 8.72. The molecule has 0 aromatic heterocycles. The second kappa shape index (κ2) is 15.7. The fourth-order valence-electron chi connectivity index (χ4n) is 3.16. The van der Waals surface area contributed by atoms with E-state index in [0.29, 0.717) is 11.1 Å². The molecule has 0 fully saturated rings. The lowest BCUT2D eigenvalue weighted by Gasteiger charge is -2.20. The number of carbonyl (C=O) groups excluding carboxylic acids is 4. The Morgan fingerprint density at radius 3 is 1.29 bits per heavy atom. The molecule has 0 aliphatic heterocycles. The van der Waals surface area contributed by atoms with E-state index in [1.807, 2.05) is 12.1 Å². The van der Waals surface area contributed by atoms with Crippen LogP contribution in [0.2, 0.25) is 0 Å². The van der Waals surface area contributed by atoms with Crippen molar-refractivity contribution in [2.24, 2.45) is 0 Å². The van der Waals surface area contributed by atoms with Crippen molar-refractivity contribution < 1.29 is 38.1 Å². The first-order valence-electron chi connectivity index (χ1n) is 12.2. The highest BCUT2D eigenvalue weighted by Gasteiger charge is 2.19. The van der Waals surface area contributed by atoms with E-state index in [0.717, 1.165) is 12.2 Å². The number of esters is 2. The van der Waals surface area contributed by atoms with Crippen LogP contribution in [-0.4, -0.2) is 49.5 Å². The molecule has 204 valence electrons. The molecule has 0 unspecified atom stereocenters. The Kier molecular flexibility index (Phi) is 12.4. The predicted octanol–water partition coefficient (Wildman–Crippen LogP) is 4.38. The fourth-order valence-corrected chi connectivity index (χ4v) is 3.16. The lowest BCUT2D eigenvalue weighted by Crippen LogP contribution is -2.34. The number of rotatable bonds is 12. The van der Waals surface area contributed by atoms with Gasteiger partial charge in [0, 0.05) is 12.2 Å². The minimum absolute atomic E-state index is 0.187. The molecule has 38 heavy (non-hydrogen) atoms. The molecule has 0 saturated carbocycles. The Morgan fingerprint density at radius 1 is 0.632 bits per heavy atom. The topological polar surface area (TPSA) is 129 Å².